The Kier molecular flexibility index (Phi) is 4.86. The molecule has 1 aliphatic heterocycles. The van der Waals surface area contributed by atoms with E-state index in [9.17, 15) is 4.79 Å². The highest BCUT2D eigenvalue weighted by molar-refractivity contribution is 5.93. The fraction of sp³-hybridized carbons (Fsp3) is 0.389. The highest BCUT2D eigenvalue weighted by Crippen LogP contribution is 2.21. The summed E-state index contributed by atoms with van der Waals surface area (Å²) in [4.78, 5) is 23.2. The van der Waals surface area contributed by atoms with Crippen LogP contribution in [0.1, 0.15) is 25.3 Å². The zero-order valence-electron chi connectivity index (χ0n) is 13.4. The largest absolute Gasteiger partial charge is 0.340 e. The minimum absolute atomic E-state index is 0.0293. The first-order chi connectivity index (χ1) is 11.3. The Bertz CT molecular complexity index is 642. The maximum atomic E-state index is 12.5. The summed E-state index contributed by atoms with van der Waals surface area (Å²) in [5, 5.41) is 3.03. The van der Waals surface area contributed by atoms with E-state index in [2.05, 4.69) is 39.2 Å². The molecule has 0 aliphatic carbocycles. The number of nitrogens with zero attached hydrogens (tertiary/aromatic N) is 3. The van der Waals surface area contributed by atoms with E-state index < -0.39 is 0 Å². The van der Waals surface area contributed by atoms with E-state index in [-0.39, 0.29) is 11.8 Å². The van der Waals surface area contributed by atoms with Crippen LogP contribution in [0.2, 0.25) is 0 Å². The summed E-state index contributed by atoms with van der Waals surface area (Å²) < 4.78 is 0. The van der Waals surface area contributed by atoms with Crippen molar-refractivity contribution in [3.05, 3.63) is 48.3 Å². The maximum absolute atomic E-state index is 12.5. The average molecular weight is 310 g/mol. The molecule has 1 unspecified atom stereocenters. The molecular formula is C18H22N4O. The number of benzene rings is 1. The second-order valence-corrected chi connectivity index (χ2v) is 5.87. The summed E-state index contributed by atoms with van der Waals surface area (Å²) in [5.74, 6) is 0.755. The molecule has 1 fully saturated rings. The lowest BCUT2D eigenvalue weighted by atomic mass is 9.97. The second kappa shape index (κ2) is 7.22. The third kappa shape index (κ3) is 3.86. The van der Waals surface area contributed by atoms with E-state index in [4.69, 9.17) is 0 Å². The van der Waals surface area contributed by atoms with Crippen LogP contribution < -0.4 is 10.2 Å². The van der Waals surface area contributed by atoms with E-state index in [1.54, 1.807) is 18.5 Å². The van der Waals surface area contributed by atoms with Crippen LogP contribution in [-0.2, 0) is 11.2 Å². The normalized spacial score (nSPS) is 17.8. The zero-order chi connectivity index (χ0) is 16.1. The molecule has 1 aromatic heterocycles. The predicted octanol–water partition coefficient (Wildman–Crippen LogP) is 2.89. The number of anilines is 2. The first-order valence-electron chi connectivity index (χ1n) is 8.18. The number of hydrogen-bond acceptors (Lipinski definition) is 4. The molecule has 2 aromatic rings. The average Bonchev–Trinajstić information content (AvgIpc) is 2.63. The van der Waals surface area contributed by atoms with Crippen molar-refractivity contribution in [1.82, 2.24) is 9.97 Å². The quantitative estimate of drug-likeness (QED) is 0.943. The van der Waals surface area contributed by atoms with Gasteiger partial charge in [-0.05, 0) is 43.0 Å². The second-order valence-electron chi connectivity index (χ2n) is 5.87. The molecular weight excluding hydrogens is 288 g/mol. The number of carbonyl (C=O) groups is 1. The van der Waals surface area contributed by atoms with Crippen molar-refractivity contribution in [1.29, 1.82) is 0 Å². The van der Waals surface area contributed by atoms with Crippen molar-refractivity contribution >= 4 is 17.5 Å². The van der Waals surface area contributed by atoms with E-state index >= 15 is 0 Å². The van der Waals surface area contributed by atoms with Crippen LogP contribution in [0, 0.1) is 5.92 Å². The smallest absolute Gasteiger partial charge is 0.229 e. The Hall–Kier alpha value is -2.43. The van der Waals surface area contributed by atoms with Crippen molar-refractivity contribution < 1.29 is 4.79 Å². The molecule has 0 radical (unpaired) electrons. The fourth-order valence-electron chi connectivity index (χ4n) is 2.90. The Labute approximate surface area is 136 Å². The number of aryl methyl sites for hydroxylation is 1. The van der Waals surface area contributed by atoms with Gasteiger partial charge in [0.25, 0.3) is 0 Å². The van der Waals surface area contributed by atoms with Crippen molar-refractivity contribution in [2.75, 3.05) is 23.3 Å². The third-order valence-electron chi connectivity index (χ3n) is 4.26. The molecule has 1 atom stereocenters. The summed E-state index contributed by atoms with van der Waals surface area (Å²) in [5.41, 5.74) is 2.13. The topological polar surface area (TPSA) is 58.1 Å². The van der Waals surface area contributed by atoms with Gasteiger partial charge in [0.2, 0.25) is 11.9 Å². The van der Waals surface area contributed by atoms with E-state index in [1.807, 2.05) is 12.1 Å². The van der Waals surface area contributed by atoms with Crippen LogP contribution in [0.4, 0.5) is 11.6 Å². The summed E-state index contributed by atoms with van der Waals surface area (Å²) >= 11 is 0. The predicted molar refractivity (Wildman–Crippen MR) is 91.4 cm³/mol. The molecule has 5 heteroatoms. The zero-order valence-corrected chi connectivity index (χ0v) is 13.4. The number of aromatic nitrogens is 2. The van der Waals surface area contributed by atoms with Crippen LogP contribution in [-0.4, -0.2) is 29.0 Å². The third-order valence-corrected chi connectivity index (χ3v) is 4.26. The van der Waals surface area contributed by atoms with E-state index in [1.165, 1.54) is 5.56 Å². The number of carbonyl (C=O) groups excluding carboxylic acids is 1. The molecule has 1 N–H and O–H groups in total. The summed E-state index contributed by atoms with van der Waals surface area (Å²) in [6, 6.07) is 9.86. The van der Waals surface area contributed by atoms with Gasteiger partial charge in [-0.1, -0.05) is 19.1 Å². The Morgan fingerprint density at radius 1 is 1.26 bits per heavy atom. The lowest BCUT2D eigenvalue weighted by molar-refractivity contribution is -0.120. The first-order valence-corrected chi connectivity index (χ1v) is 8.18. The van der Waals surface area contributed by atoms with Crippen LogP contribution >= 0.6 is 0 Å². The van der Waals surface area contributed by atoms with E-state index in [0.717, 1.165) is 31.5 Å². The van der Waals surface area contributed by atoms with Gasteiger partial charge in [-0.25, -0.2) is 9.97 Å². The fourth-order valence-corrected chi connectivity index (χ4v) is 2.90. The number of piperidine rings is 1. The SMILES string of the molecule is CCc1ccc(NC(=O)C2CCCN(c3ncccn3)C2)cc1. The molecule has 1 aromatic carbocycles. The molecule has 1 aliphatic rings. The molecule has 1 amide bonds. The van der Waals surface area contributed by atoms with Crippen molar-refractivity contribution in [3.63, 3.8) is 0 Å². The summed E-state index contributed by atoms with van der Waals surface area (Å²) in [6.07, 6.45) is 6.36. The highest BCUT2D eigenvalue weighted by atomic mass is 16.1. The van der Waals surface area contributed by atoms with Gasteiger partial charge in [0, 0.05) is 31.2 Å². The van der Waals surface area contributed by atoms with Crippen molar-refractivity contribution in [3.8, 4) is 0 Å². The van der Waals surface area contributed by atoms with Crippen LogP contribution in [0.25, 0.3) is 0 Å². The Balaban J connectivity index is 1.62. The number of hydrogen-bond donors (Lipinski definition) is 1. The standard InChI is InChI=1S/C18H22N4O/c1-2-14-6-8-16(9-7-14)21-17(23)15-5-3-12-22(13-15)18-19-10-4-11-20-18/h4,6-11,15H,2-3,5,12-13H2,1H3,(H,21,23). The minimum Gasteiger partial charge on any atom is -0.340 e. The van der Waals surface area contributed by atoms with Crippen LogP contribution in [0.15, 0.2) is 42.7 Å². The molecule has 0 bridgehead atoms. The summed E-state index contributed by atoms with van der Waals surface area (Å²) in [7, 11) is 0. The van der Waals surface area contributed by atoms with Crippen LogP contribution in [0.5, 0.6) is 0 Å². The molecule has 120 valence electrons. The number of rotatable bonds is 4. The highest BCUT2D eigenvalue weighted by Gasteiger charge is 2.27. The minimum atomic E-state index is -0.0293. The lowest BCUT2D eigenvalue weighted by Crippen LogP contribution is -2.41. The first kappa shape index (κ1) is 15.5. The Morgan fingerprint density at radius 2 is 2.00 bits per heavy atom. The maximum Gasteiger partial charge on any atom is 0.229 e. The molecule has 2 heterocycles. The van der Waals surface area contributed by atoms with Gasteiger partial charge in [-0.15, -0.1) is 0 Å². The van der Waals surface area contributed by atoms with Gasteiger partial charge in [0.05, 0.1) is 5.92 Å². The lowest BCUT2D eigenvalue weighted by Gasteiger charge is -2.31. The molecule has 0 spiro atoms. The van der Waals surface area contributed by atoms with Crippen LogP contribution in [0.3, 0.4) is 0 Å². The summed E-state index contributed by atoms with van der Waals surface area (Å²) in [6.45, 7) is 3.69. The molecule has 23 heavy (non-hydrogen) atoms. The number of nitrogens with one attached hydrogen (secondary N) is 1. The van der Waals surface area contributed by atoms with Gasteiger partial charge in [0.15, 0.2) is 0 Å². The van der Waals surface area contributed by atoms with Crippen molar-refractivity contribution in [2.24, 2.45) is 5.92 Å². The Morgan fingerprint density at radius 3 is 2.70 bits per heavy atom. The van der Waals surface area contributed by atoms with Crippen molar-refractivity contribution in [2.45, 2.75) is 26.2 Å². The molecule has 5 nitrogen and oxygen atoms in total. The molecule has 1 saturated heterocycles. The van der Waals surface area contributed by atoms with Gasteiger partial charge in [0.1, 0.15) is 0 Å². The monoisotopic (exact) mass is 310 g/mol. The van der Waals surface area contributed by atoms with Gasteiger partial charge < -0.3 is 10.2 Å². The number of amides is 1. The van der Waals surface area contributed by atoms with Gasteiger partial charge in [-0.2, -0.15) is 0 Å². The van der Waals surface area contributed by atoms with Gasteiger partial charge >= 0.3 is 0 Å². The molecule has 3 rings (SSSR count). The van der Waals surface area contributed by atoms with Gasteiger partial charge in [-0.3, -0.25) is 4.79 Å². The van der Waals surface area contributed by atoms with E-state index in [0.29, 0.717) is 12.5 Å². The molecule has 0 saturated carbocycles.